The van der Waals surface area contributed by atoms with Crippen molar-refractivity contribution in [3.8, 4) is 0 Å². The summed E-state index contributed by atoms with van der Waals surface area (Å²) >= 11 is 0. The normalized spacial score (nSPS) is 14.1. The van der Waals surface area contributed by atoms with Crippen molar-refractivity contribution >= 4 is 0 Å². The summed E-state index contributed by atoms with van der Waals surface area (Å²) in [6.45, 7) is 3.73. The maximum Gasteiger partial charge on any atom is 0.418 e. The predicted molar refractivity (Wildman–Crippen MR) is 56.0 cm³/mol. The molecular formula is C12H15F3O. The van der Waals surface area contributed by atoms with E-state index in [1.807, 2.05) is 13.8 Å². The van der Waals surface area contributed by atoms with Gasteiger partial charge in [0.15, 0.2) is 6.10 Å². The van der Waals surface area contributed by atoms with Crippen LogP contribution in [0, 0.1) is 5.92 Å². The molecule has 0 aliphatic heterocycles. The van der Waals surface area contributed by atoms with Crippen LogP contribution >= 0.6 is 0 Å². The van der Waals surface area contributed by atoms with Crippen LogP contribution in [0.1, 0.15) is 25.5 Å². The molecule has 1 unspecified atom stereocenters. The van der Waals surface area contributed by atoms with Gasteiger partial charge in [0, 0.05) is 0 Å². The number of benzene rings is 1. The molecule has 90 valence electrons. The van der Waals surface area contributed by atoms with E-state index >= 15 is 0 Å². The van der Waals surface area contributed by atoms with Crippen molar-refractivity contribution < 1.29 is 17.9 Å². The van der Waals surface area contributed by atoms with E-state index in [1.54, 1.807) is 18.2 Å². The average Bonchev–Trinajstić information content (AvgIpc) is 2.17. The summed E-state index contributed by atoms with van der Waals surface area (Å²) in [5.41, 5.74) is 0.149. The number of alkyl halides is 3. The third kappa shape index (κ3) is 3.85. The highest BCUT2D eigenvalue weighted by Crippen LogP contribution is 2.35. The summed E-state index contributed by atoms with van der Waals surface area (Å²) in [5.74, 6) is 0.0774. The number of hydrogen-bond acceptors (Lipinski definition) is 1. The van der Waals surface area contributed by atoms with Gasteiger partial charge in [0.2, 0.25) is 0 Å². The first-order valence-electron chi connectivity index (χ1n) is 5.14. The zero-order valence-electron chi connectivity index (χ0n) is 9.29. The summed E-state index contributed by atoms with van der Waals surface area (Å²) in [4.78, 5) is 0. The lowest BCUT2D eigenvalue weighted by atomic mass is 10.1. The molecule has 1 aromatic rings. The average molecular weight is 232 g/mol. The Hall–Kier alpha value is -1.03. The number of rotatable bonds is 4. The second kappa shape index (κ2) is 5.34. The molecular weight excluding hydrogens is 217 g/mol. The smallest absolute Gasteiger partial charge is 0.364 e. The zero-order chi connectivity index (χ0) is 12.2. The van der Waals surface area contributed by atoms with Crippen molar-refractivity contribution in [2.75, 3.05) is 6.61 Å². The standard InChI is InChI=1S/C12H15F3O/c1-9(2)8-16-11(12(13,14)15)10-6-4-3-5-7-10/h3-7,9,11H,8H2,1-2H3. The monoisotopic (exact) mass is 232 g/mol. The molecule has 0 spiro atoms. The largest absolute Gasteiger partial charge is 0.418 e. The Bertz CT molecular complexity index is 306. The molecule has 16 heavy (non-hydrogen) atoms. The van der Waals surface area contributed by atoms with Crippen molar-refractivity contribution in [2.24, 2.45) is 5.92 Å². The fourth-order valence-corrected chi connectivity index (χ4v) is 1.30. The number of halogens is 3. The molecule has 0 saturated carbocycles. The summed E-state index contributed by atoms with van der Waals surface area (Å²) in [6, 6.07) is 7.69. The quantitative estimate of drug-likeness (QED) is 0.763. The van der Waals surface area contributed by atoms with Gasteiger partial charge in [-0.3, -0.25) is 0 Å². The van der Waals surface area contributed by atoms with Crippen LogP contribution in [0.5, 0.6) is 0 Å². The predicted octanol–water partition coefficient (Wildman–Crippen LogP) is 3.96. The van der Waals surface area contributed by atoms with E-state index in [-0.39, 0.29) is 18.1 Å². The third-order valence-electron chi connectivity index (χ3n) is 2.00. The molecule has 0 radical (unpaired) electrons. The van der Waals surface area contributed by atoms with E-state index in [0.29, 0.717) is 0 Å². The number of ether oxygens (including phenoxy) is 1. The molecule has 0 aliphatic rings. The maximum atomic E-state index is 12.7. The van der Waals surface area contributed by atoms with Crippen molar-refractivity contribution in [1.82, 2.24) is 0 Å². The van der Waals surface area contributed by atoms with Gasteiger partial charge in [0.1, 0.15) is 0 Å². The van der Waals surface area contributed by atoms with E-state index in [4.69, 9.17) is 4.74 Å². The van der Waals surface area contributed by atoms with Crippen LogP contribution in [0.15, 0.2) is 30.3 Å². The van der Waals surface area contributed by atoms with Gasteiger partial charge >= 0.3 is 6.18 Å². The van der Waals surface area contributed by atoms with Gasteiger partial charge in [-0.05, 0) is 11.5 Å². The maximum absolute atomic E-state index is 12.7. The van der Waals surface area contributed by atoms with Gasteiger partial charge in [-0.25, -0.2) is 0 Å². The van der Waals surface area contributed by atoms with Gasteiger partial charge < -0.3 is 4.74 Å². The first-order chi connectivity index (χ1) is 7.41. The highest BCUT2D eigenvalue weighted by atomic mass is 19.4. The molecule has 0 saturated heterocycles. The lowest BCUT2D eigenvalue weighted by Gasteiger charge is -2.22. The van der Waals surface area contributed by atoms with E-state index in [0.717, 1.165) is 0 Å². The van der Waals surface area contributed by atoms with Crippen LogP contribution < -0.4 is 0 Å². The van der Waals surface area contributed by atoms with Crippen LogP contribution in [0.2, 0.25) is 0 Å². The molecule has 1 atom stereocenters. The zero-order valence-corrected chi connectivity index (χ0v) is 9.29. The Morgan fingerprint density at radius 3 is 2.12 bits per heavy atom. The Morgan fingerprint density at radius 2 is 1.69 bits per heavy atom. The summed E-state index contributed by atoms with van der Waals surface area (Å²) in [7, 11) is 0. The van der Waals surface area contributed by atoms with E-state index in [1.165, 1.54) is 12.1 Å². The van der Waals surface area contributed by atoms with Crippen molar-refractivity contribution in [1.29, 1.82) is 0 Å². The van der Waals surface area contributed by atoms with E-state index < -0.39 is 12.3 Å². The topological polar surface area (TPSA) is 9.23 Å². The summed E-state index contributed by atoms with van der Waals surface area (Å²) < 4.78 is 43.1. The first kappa shape index (κ1) is 13.0. The van der Waals surface area contributed by atoms with E-state index in [2.05, 4.69) is 0 Å². The molecule has 0 aromatic heterocycles. The molecule has 1 nitrogen and oxygen atoms in total. The van der Waals surface area contributed by atoms with Crippen LogP contribution in [0.25, 0.3) is 0 Å². The Morgan fingerprint density at radius 1 is 1.12 bits per heavy atom. The third-order valence-corrected chi connectivity index (χ3v) is 2.00. The second-order valence-electron chi connectivity index (χ2n) is 4.06. The van der Waals surface area contributed by atoms with Crippen LogP contribution in [-0.2, 0) is 4.74 Å². The molecule has 4 heteroatoms. The molecule has 1 aromatic carbocycles. The fourth-order valence-electron chi connectivity index (χ4n) is 1.30. The molecule has 0 amide bonds. The Labute approximate surface area is 93.2 Å². The number of hydrogen-bond donors (Lipinski definition) is 0. The van der Waals surface area contributed by atoms with Crippen molar-refractivity contribution in [3.05, 3.63) is 35.9 Å². The molecule has 0 heterocycles. The van der Waals surface area contributed by atoms with Gasteiger partial charge in [0.25, 0.3) is 0 Å². The minimum Gasteiger partial charge on any atom is -0.364 e. The Balaban J connectivity index is 2.81. The lowest BCUT2D eigenvalue weighted by Crippen LogP contribution is -2.25. The van der Waals surface area contributed by atoms with E-state index in [9.17, 15) is 13.2 Å². The Kier molecular flexibility index (Phi) is 4.35. The second-order valence-corrected chi connectivity index (χ2v) is 4.06. The highest BCUT2D eigenvalue weighted by Gasteiger charge is 2.41. The molecule has 0 aliphatic carbocycles. The molecule has 0 N–H and O–H groups in total. The lowest BCUT2D eigenvalue weighted by molar-refractivity contribution is -0.226. The van der Waals surface area contributed by atoms with Crippen molar-refractivity contribution in [2.45, 2.75) is 26.1 Å². The molecule has 0 fully saturated rings. The highest BCUT2D eigenvalue weighted by molar-refractivity contribution is 5.18. The van der Waals surface area contributed by atoms with Gasteiger partial charge in [0.05, 0.1) is 6.61 Å². The van der Waals surface area contributed by atoms with Gasteiger partial charge in [-0.15, -0.1) is 0 Å². The van der Waals surface area contributed by atoms with Gasteiger partial charge in [-0.1, -0.05) is 44.2 Å². The SMILES string of the molecule is CC(C)COC(c1ccccc1)C(F)(F)F. The van der Waals surface area contributed by atoms with Crippen molar-refractivity contribution in [3.63, 3.8) is 0 Å². The molecule has 1 rings (SSSR count). The van der Waals surface area contributed by atoms with Crippen LogP contribution in [0.3, 0.4) is 0 Å². The van der Waals surface area contributed by atoms with Crippen LogP contribution in [0.4, 0.5) is 13.2 Å². The minimum atomic E-state index is -4.36. The summed E-state index contributed by atoms with van der Waals surface area (Å²) in [6.07, 6.45) is -6.19. The van der Waals surface area contributed by atoms with Gasteiger partial charge in [-0.2, -0.15) is 13.2 Å². The van der Waals surface area contributed by atoms with Crippen LogP contribution in [-0.4, -0.2) is 12.8 Å². The first-order valence-corrected chi connectivity index (χ1v) is 5.14. The molecule has 0 bridgehead atoms. The fraction of sp³-hybridized carbons (Fsp3) is 0.500. The summed E-state index contributed by atoms with van der Waals surface area (Å²) in [5, 5.41) is 0. The minimum absolute atomic E-state index is 0.0774.